The zero-order valence-corrected chi connectivity index (χ0v) is 16.2. The van der Waals surface area contributed by atoms with Crippen LogP contribution >= 0.6 is 0 Å². The lowest BCUT2D eigenvalue weighted by Crippen LogP contribution is -2.42. The van der Waals surface area contributed by atoms with Crippen LogP contribution in [0.25, 0.3) is 11.1 Å². The van der Waals surface area contributed by atoms with Crippen molar-refractivity contribution in [2.24, 2.45) is 0 Å². The minimum atomic E-state index is -4.42. The fourth-order valence-corrected chi connectivity index (χ4v) is 3.52. The van der Waals surface area contributed by atoms with E-state index >= 15 is 0 Å². The first-order chi connectivity index (χ1) is 13.7. The Kier molecular flexibility index (Phi) is 4.44. The van der Waals surface area contributed by atoms with Gasteiger partial charge in [-0.05, 0) is 56.7 Å². The lowest BCUT2D eigenvalue weighted by Gasteiger charge is -2.32. The Bertz CT molecular complexity index is 1090. The fourth-order valence-electron chi connectivity index (χ4n) is 3.52. The molecule has 8 heteroatoms. The van der Waals surface area contributed by atoms with Crippen molar-refractivity contribution in [2.75, 3.05) is 11.4 Å². The number of alkyl halides is 3. The number of pyridine rings is 1. The molecule has 1 aliphatic heterocycles. The number of anilines is 1. The number of carbonyl (C=O) groups excluding carboxylic acids is 1. The molecule has 3 heterocycles. The maximum absolute atomic E-state index is 13.3. The molecule has 0 N–H and O–H groups in total. The van der Waals surface area contributed by atoms with E-state index in [1.54, 1.807) is 17.1 Å². The molecule has 0 radical (unpaired) electrons. The van der Waals surface area contributed by atoms with Gasteiger partial charge >= 0.3 is 6.18 Å². The van der Waals surface area contributed by atoms with Gasteiger partial charge in [-0.25, -0.2) is 0 Å². The fraction of sp³-hybridized carbons (Fsp3) is 0.286. The van der Waals surface area contributed by atoms with Gasteiger partial charge in [0.15, 0.2) is 0 Å². The number of aromatic nitrogens is 3. The largest absolute Gasteiger partial charge is 0.416 e. The third-order valence-corrected chi connectivity index (χ3v) is 5.26. The Morgan fingerprint density at radius 2 is 1.79 bits per heavy atom. The van der Waals surface area contributed by atoms with E-state index in [4.69, 9.17) is 0 Å². The van der Waals surface area contributed by atoms with Crippen molar-refractivity contribution < 1.29 is 18.0 Å². The molecule has 1 atom stereocenters. The highest BCUT2D eigenvalue weighted by atomic mass is 19.4. The molecule has 1 aromatic carbocycles. The smallest absolute Gasteiger partial charge is 0.305 e. The molecule has 2 aromatic heterocycles. The second-order valence-electron chi connectivity index (χ2n) is 7.29. The van der Waals surface area contributed by atoms with Crippen LogP contribution in [0.3, 0.4) is 0 Å². The molecule has 29 heavy (non-hydrogen) atoms. The van der Waals surface area contributed by atoms with Crippen molar-refractivity contribution in [3.8, 4) is 11.1 Å². The summed E-state index contributed by atoms with van der Waals surface area (Å²) in [6, 6.07) is 6.47. The average Bonchev–Trinajstić information content (AvgIpc) is 3.12. The van der Waals surface area contributed by atoms with Gasteiger partial charge in [0.05, 0.1) is 17.8 Å². The molecule has 0 spiro atoms. The molecule has 150 valence electrons. The maximum Gasteiger partial charge on any atom is 0.416 e. The van der Waals surface area contributed by atoms with Crippen LogP contribution in [0.4, 0.5) is 18.9 Å². The normalized spacial score (nSPS) is 16.8. The summed E-state index contributed by atoms with van der Waals surface area (Å²) in [6.07, 6.45) is -1.07. The van der Waals surface area contributed by atoms with Gasteiger partial charge in [-0.15, -0.1) is 0 Å². The monoisotopic (exact) mass is 400 g/mol. The van der Waals surface area contributed by atoms with Crippen LogP contribution in [0.1, 0.15) is 40.3 Å². The molecule has 1 aliphatic rings. The number of halogens is 3. The second kappa shape index (κ2) is 6.72. The van der Waals surface area contributed by atoms with Gasteiger partial charge in [0.2, 0.25) is 0 Å². The van der Waals surface area contributed by atoms with E-state index in [1.165, 1.54) is 17.0 Å². The van der Waals surface area contributed by atoms with Crippen LogP contribution in [-0.4, -0.2) is 27.2 Å². The molecule has 0 aliphatic carbocycles. The third-order valence-electron chi connectivity index (χ3n) is 5.26. The van der Waals surface area contributed by atoms with E-state index in [-0.39, 0.29) is 11.9 Å². The van der Waals surface area contributed by atoms with E-state index in [1.807, 2.05) is 26.8 Å². The predicted molar refractivity (Wildman–Crippen MR) is 103 cm³/mol. The minimum absolute atomic E-state index is 0.127. The number of aryl methyl sites for hydroxylation is 2. The summed E-state index contributed by atoms with van der Waals surface area (Å²) in [6.45, 7) is 6.10. The van der Waals surface area contributed by atoms with Crippen molar-refractivity contribution in [1.29, 1.82) is 0 Å². The van der Waals surface area contributed by atoms with Gasteiger partial charge in [0.25, 0.3) is 5.91 Å². The number of rotatable bonds is 2. The Balaban J connectivity index is 1.75. The van der Waals surface area contributed by atoms with Gasteiger partial charge in [0.1, 0.15) is 5.69 Å². The molecule has 3 aromatic rings. The zero-order chi connectivity index (χ0) is 20.9. The van der Waals surface area contributed by atoms with E-state index < -0.39 is 11.7 Å². The summed E-state index contributed by atoms with van der Waals surface area (Å²) in [7, 11) is 0. The first-order valence-electron chi connectivity index (χ1n) is 9.17. The molecule has 5 nitrogen and oxygen atoms in total. The van der Waals surface area contributed by atoms with Crippen LogP contribution in [0.2, 0.25) is 0 Å². The topological polar surface area (TPSA) is 51.0 Å². The minimum Gasteiger partial charge on any atom is -0.305 e. The van der Waals surface area contributed by atoms with E-state index in [9.17, 15) is 18.0 Å². The van der Waals surface area contributed by atoms with Crippen molar-refractivity contribution in [3.05, 3.63) is 65.2 Å². The van der Waals surface area contributed by atoms with Gasteiger partial charge in [-0.1, -0.05) is 0 Å². The maximum atomic E-state index is 13.3. The molecular weight excluding hydrogens is 381 g/mol. The number of benzene rings is 1. The molecule has 0 saturated heterocycles. The number of hydrogen-bond acceptors (Lipinski definition) is 3. The standard InChI is InChI=1S/C21H19F3N4O/c1-12-8-15(9-25-14(12)3)18-10-26-28-13(2)11-27(20(29)19(18)28)17-6-4-16(5-7-17)21(22,23)24/h4-10,13H,11H2,1-3H3. The summed E-state index contributed by atoms with van der Waals surface area (Å²) in [5.74, 6) is -0.298. The summed E-state index contributed by atoms with van der Waals surface area (Å²) in [4.78, 5) is 19.1. The molecule has 0 saturated carbocycles. The van der Waals surface area contributed by atoms with Gasteiger partial charge in [-0.3, -0.25) is 14.5 Å². The summed E-state index contributed by atoms with van der Waals surface area (Å²) < 4.78 is 40.3. The van der Waals surface area contributed by atoms with E-state index in [0.717, 1.165) is 29.0 Å². The highest BCUT2D eigenvalue weighted by molar-refractivity contribution is 6.09. The molecule has 1 unspecified atom stereocenters. The van der Waals surface area contributed by atoms with Crippen LogP contribution in [0.5, 0.6) is 0 Å². The van der Waals surface area contributed by atoms with E-state index in [0.29, 0.717) is 23.5 Å². The Labute approximate surface area is 165 Å². The highest BCUT2D eigenvalue weighted by Crippen LogP contribution is 2.35. The number of hydrogen-bond donors (Lipinski definition) is 0. The van der Waals surface area contributed by atoms with Gasteiger partial charge < -0.3 is 4.90 Å². The predicted octanol–water partition coefficient (Wildman–Crippen LogP) is 4.80. The molecule has 4 rings (SSSR count). The molecule has 1 amide bonds. The van der Waals surface area contributed by atoms with Crippen LogP contribution in [0, 0.1) is 13.8 Å². The quantitative estimate of drug-likeness (QED) is 0.621. The lowest BCUT2D eigenvalue weighted by molar-refractivity contribution is -0.137. The van der Waals surface area contributed by atoms with Crippen LogP contribution in [-0.2, 0) is 6.18 Å². The molecule has 0 fully saturated rings. The van der Waals surface area contributed by atoms with Crippen molar-refractivity contribution in [2.45, 2.75) is 33.0 Å². The Morgan fingerprint density at radius 1 is 1.10 bits per heavy atom. The molecular formula is C21H19F3N4O. The van der Waals surface area contributed by atoms with Gasteiger partial charge in [0, 0.05) is 35.2 Å². The Morgan fingerprint density at radius 3 is 2.41 bits per heavy atom. The number of nitrogens with zero attached hydrogens (tertiary/aromatic N) is 4. The summed E-state index contributed by atoms with van der Waals surface area (Å²) in [5.41, 5.74) is 3.43. The number of carbonyl (C=O) groups is 1. The summed E-state index contributed by atoms with van der Waals surface area (Å²) in [5, 5.41) is 4.38. The number of amides is 1. The zero-order valence-electron chi connectivity index (χ0n) is 16.2. The summed E-state index contributed by atoms with van der Waals surface area (Å²) >= 11 is 0. The van der Waals surface area contributed by atoms with Crippen LogP contribution in [0.15, 0.2) is 42.7 Å². The van der Waals surface area contributed by atoms with E-state index in [2.05, 4.69) is 10.1 Å². The van der Waals surface area contributed by atoms with Crippen LogP contribution < -0.4 is 4.90 Å². The van der Waals surface area contributed by atoms with Crippen molar-refractivity contribution in [3.63, 3.8) is 0 Å². The molecule has 0 bridgehead atoms. The van der Waals surface area contributed by atoms with Gasteiger partial charge in [-0.2, -0.15) is 18.3 Å². The first-order valence-corrected chi connectivity index (χ1v) is 9.17. The van der Waals surface area contributed by atoms with Crippen molar-refractivity contribution in [1.82, 2.24) is 14.8 Å². The lowest BCUT2D eigenvalue weighted by atomic mass is 10.0. The SMILES string of the molecule is Cc1cc(-c2cnn3c2C(=O)N(c2ccc(C(F)(F)F)cc2)CC3C)cnc1C. The second-order valence-corrected chi connectivity index (χ2v) is 7.29. The highest BCUT2D eigenvalue weighted by Gasteiger charge is 2.35. The van der Waals surface area contributed by atoms with Crippen molar-refractivity contribution >= 4 is 11.6 Å². The average molecular weight is 400 g/mol. The first kappa shape index (κ1) is 19.2. The number of fused-ring (bicyclic) bond motifs is 1. The third kappa shape index (κ3) is 3.28. The Hall–Kier alpha value is -3.16.